The van der Waals surface area contributed by atoms with Crippen LogP contribution in [0.1, 0.15) is 35.6 Å². The zero-order valence-electron chi connectivity index (χ0n) is 18.8. The van der Waals surface area contributed by atoms with E-state index < -0.39 is 27.7 Å². The van der Waals surface area contributed by atoms with Gasteiger partial charge >= 0.3 is 5.97 Å². The molecule has 178 valence electrons. The second kappa shape index (κ2) is 10.0. The van der Waals surface area contributed by atoms with E-state index in [1.54, 1.807) is 6.92 Å². The Labute approximate surface area is 199 Å². The van der Waals surface area contributed by atoms with Gasteiger partial charge in [-0.3, -0.25) is 9.69 Å². The van der Waals surface area contributed by atoms with Gasteiger partial charge in [-0.25, -0.2) is 12.8 Å². The summed E-state index contributed by atoms with van der Waals surface area (Å²) in [5.74, 6) is -1.99. The van der Waals surface area contributed by atoms with Crippen molar-refractivity contribution < 1.29 is 22.7 Å². The molecule has 0 amide bonds. The van der Waals surface area contributed by atoms with Crippen molar-refractivity contribution in [1.82, 2.24) is 9.21 Å². The summed E-state index contributed by atoms with van der Waals surface area (Å²) in [6.07, 6.45) is 0. The molecule has 34 heavy (non-hydrogen) atoms. The van der Waals surface area contributed by atoms with Gasteiger partial charge in [0.1, 0.15) is 5.82 Å². The van der Waals surface area contributed by atoms with Gasteiger partial charge in [-0.1, -0.05) is 54.6 Å². The van der Waals surface area contributed by atoms with E-state index in [0.717, 1.165) is 28.8 Å². The van der Waals surface area contributed by atoms with Gasteiger partial charge < -0.3 is 5.11 Å². The lowest BCUT2D eigenvalue weighted by atomic mass is 9.92. The standard InChI is InChI=1S/C26H27FN2O4S/c1-19(26(30)31)21-8-5-9-22(18-21)25(20-6-3-2-4-7-20)28-14-16-29(17-15-28)34(32,33)24-12-10-23(27)11-13-24/h2-13,18-19,25H,14-17H2,1H3,(H,30,31). The number of carboxylic acids is 1. The van der Waals surface area contributed by atoms with Crippen LogP contribution in [0.4, 0.5) is 4.39 Å². The van der Waals surface area contributed by atoms with Gasteiger partial charge in [0.25, 0.3) is 0 Å². The SMILES string of the molecule is CC(C(=O)O)c1cccc(C(c2ccccc2)N2CCN(S(=O)(=O)c3ccc(F)cc3)CC2)c1. The van der Waals surface area contributed by atoms with Gasteiger partial charge in [0, 0.05) is 26.2 Å². The Morgan fingerprint density at radius 3 is 2.06 bits per heavy atom. The van der Waals surface area contributed by atoms with E-state index >= 15 is 0 Å². The Kier molecular flexibility index (Phi) is 7.11. The highest BCUT2D eigenvalue weighted by Gasteiger charge is 2.32. The van der Waals surface area contributed by atoms with Gasteiger partial charge in [0.05, 0.1) is 16.9 Å². The van der Waals surface area contributed by atoms with E-state index in [-0.39, 0.29) is 10.9 Å². The highest BCUT2D eigenvalue weighted by atomic mass is 32.2. The number of benzene rings is 3. The fourth-order valence-corrected chi connectivity index (χ4v) is 5.77. The van der Waals surface area contributed by atoms with Crippen molar-refractivity contribution in [3.05, 3.63) is 101 Å². The molecule has 1 aliphatic rings. The number of aliphatic carboxylic acids is 1. The first-order valence-corrected chi connectivity index (χ1v) is 12.6. The van der Waals surface area contributed by atoms with Crippen LogP contribution in [-0.2, 0) is 14.8 Å². The predicted molar refractivity (Wildman–Crippen MR) is 128 cm³/mol. The molecule has 8 heteroatoms. The molecule has 6 nitrogen and oxygen atoms in total. The minimum atomic E-state index is -3.71. The van der Waals surface area contributed by atoms with Crippen LogP contribution in [-0.4, -0.2) is 54.9 Å². The lowest BCUT2D eigenvalue weighted by molar-refractivity contribution is -0.138. The molecule has 0 radical (unpaired) electrons. The first-order valence-electron chi connectivity index (χ1n) is 11.1. The van der Waals surface area contributed by atoms with Crippen LogP contribution in [0.5, 0.6) is 0 Å². The molecular formula is C26H27FN2O4S. The molecule has 1 heterocycles. The zero-order chi connectivity index (χ0) is 24.3. The molecule has 0 saturated carbocycles. The van der Waals surface area contributed by atoms with Gasteiger partial charge in [-0.15, -0.1) is 0 Å². The Morgan fingerprint density at radius 2 is 1.44 bits per heavy atom. The minimum Gasteiger partial charge on any atom is -0.481 e. The molecule has 1 saturated heterocycles. The fourth-order valence-electron chi connectivity index (χ4n) is 4.35. The van der Waals surface area contributed by atoms with Crippen molar-refractivity contribution >= 4 is 16.0 Å². The molecule has 2 atom stereocenters. The summed E-state index contributed by atoms with van der Waals surface area (Å²) in [5, 5.41) is 9.45. The van der Waals surface area contributed by atoms with Crippen LogP contribution in [0.25, 0.3) is 0 Å². The molecule has 0 bridgehead atoms. The number of rotatable bonds is 7. The van der Waals surface area contributed by atoms with Crippen LogP contribution in [0.2, 0.25) is 0 Å². The van der Waals surface area contributed by atoms with Crippen LogP contribution < -0.4 is 0 Å². The molecule has 1 aliphatic heterocycles. The number of carboxylic acid groups (broad SMARTS) is 1. The fraction of sp³-hybridized carbons (Fsp3) is 0.269. The zero-order valence-corrected chi connectivity index (χ0v) is 19.7. The van der Waals surface area contributed by atoms with Crippen LogP contribution in [0.3, 0.4) is 0 Å². The molecule has 4 rings (SSSR count). The summed E-state index contributed by atoms with van der Waals surface area (Å²) in [7, 11) is -3.71. The van der Waals surface area contributed by atoms with Gasteiger partial charge in [0.15, 0.2) is 0 Å². The largest absolute Gasteiger partial charge is 0.481 e. The van der Waals surface area contributed by atoms with E-state index in [2.05, 4.69) is 4.90 Å². The summed E-state index contributed by atoms with van der Waals surface area (Å²) < 4.78 is 40.7. The normalized spacial score (nSPS) is 17.2. The van der Waals surface area contributed by atoms with Gasteiger partial charge in [0.2, 0.25) is 10.0 Å². The van der Waals surface area contributed by atoms with Crippen molar-refractivity contribution in [2.45, 2.75) is 23.8 Å². The predicted octanol–water partition coefficient (Wildman–Crippen LogP) is 4.11. The van der Waals surface area contributed by atoms with Crippen molar-refractivity contribution in [3.63, 3.8) is 0 Å². The number of piperazine rings is 1. The molecule has 3 aromatic rings. The number of hydrogen-bond donors (Lipinski definition) is 1. The topological polar surface area (TPSA) is 77.9 Å². The summed E-state index contributed by atoms with van der Waals surface area (Å²) in [6, 6.07) is 22.3. The molecule has 1 N–H and O–H groups in total. The summed E-state index contributed by atoms with van der Waals surface area (Å²) in [4.78, 5) is 13.8. The average Bonchev–Trinajstić information content (AvgIpc) is 2.85. The smallest absolute Gasteiger partial charge is 0.310 e. The lowest BCUT2D eigenvalue weighted by Crippen LogP contribution is -2.49. The third kappa shape index (κ3) is 5.04. The highest BCUT2D eigenvalue weighted by molar-refractivity contribution is 7.89. The van der Waals surface area contributed by atoms with Crippen molar-refractivity contribution in [2.75, 3.05) is 26.2 Å². The summed E-state index contributed by atoms with van der Waals surface area (Å²) in [5.41, 5.74) is 2.74. The van der Waals surface area contributed by atoms with Crippen LogP contribution in [0, 0.1) is 5.82 Å². The Morgan fingerprint density at radius 1 is 0.853 bits per heavy atom. The second-order valence-electron chi connectivity index (χ2n) is 8.44. The number of sulfonamides is 1. The molecule has 1 fully saturated rings. The maximum Gasteiger partial charge on any atom is 0.310 e. The molecule has 3 aromatic carbocycles. The third-order valence-corrected chi connectivity index (χ3v) is 8.21. The Hall–Kier alpha value is -3.07. The molecule has 0 spiro atoms. The third-order valence-electron chi connectivity index (χ3n) is 6.30. The van der Waals surface area contributed by atoms with Crippen molar-refractivity contribution in [3.8, 4) is 0 Å². The molecule has 2 unspecified atom stereocenters. The second-order valence-corrected chi connectivity index (χ2v) is 10.4. The number of carbonyl (C=O) groups is 1. The van der Waals surface area contributed by atoms with Crippen molar-refractivity contribution in [2.24, 2.45) is 0 Å². The molecular weight excluding hydrogens is 455 g/mol. The number of nitrogens with zero attached hydrogens (tertiary/aromatic N) is 2. The maximum atomic E-state index is 13.3. The maximum absolute atomic E-state index is 13.3. The summed E-state index contributed by atoms with van der Waals surface area (Å²) in [6.45, 7) is 3.26. The first-order chi connectivity index (χ1) is 16.3. The van der Waals surface area contributed by atoms with Gasteiger partial charge in [-0.05, 0) is 47.9 Å². The Bertz CT molecular complexity index is 1240. The van der Waals surface area contributed by atoms with Crippen LogP contribution in [0.15, 0.2) is 83.8 Å². The van der Waals surface area contributed by atoms with E-state index in [1.807, 2.05) is 54.6 Å². The monoisotopic (exact) mass is 482 g/mol. The van der Waals surface area contributed by atoms with E-state index in [4.69, 9.17) is 0 Å². The molecule has 0 aromatic heterocycles. The van der Waals surface area contributed by atoms with E-state index in [0.29, 0.717) is 26.2 Å². The summed E-state index contributed by atoms with van der Waals surface area (Å²) >= 11 is 0. The quantitative estimate of drug-likeness (QED) is 0.548. The highest BCUT2D eigenvalue weighted by Crippen LogP contribution is 2.32. The lowest BCUT2D eigenvalue weighted by Gasteiger charge is -2.39. The minimum absolute atomic E-state index is 0.0809. The van der Waals surface area contributed by atoms with E-state index in [1.165, 1.54) is 16.4 Å². The number of hydrogen-bond acceptors (Lipinski definition) is 4. The average molecular weight is 483 g/mol. The van der Waals surface area contributed by atoms with E-state index in [9.17, 15) is 22.7 Å². The number of halogens is 1. The van der Waals surface area contributed by atoms with Gasteiger partial charge in [-0.2, -0.15) is 4.31 Å². The molecule has 0 aliphatic carbocycles. The first kappa shape index (κ1) is 24.1. The Balaban J connectivity index is 1.60. The van der Waals surface area contributed by atoms with Crippen molar-refractivity contribution in [1.29, 1.82) is 0 Å². The van der Waals surface area contributed by atoms with Crippen LogP contribution >= 0.6 is 0 Å².